The Morgan fingerprint density at radius 1 is 1.23 bits per heavy atom. The molecule has 0 atom stereocenters. The molecule has 1 aliphatic carbocycles. The first-order valence-electron chi connectivity index (χ1n) is 7.32. The number of hydrogen-bond donors (Lipinski definition) is 1. The number of methoxy groups -OCH3 is 1. The molecule has 8 heteroatoms. The van der Waals surface area contributed by atoms with E-state index in [-0.39, 0.29) is 18.4 Å². The summed E-state index contributed by atoms with van der Waals surface area (Å²) in [5, 5.41) is 2.83. The van der Waals surface area contributed by atoms with Crippen molar-refractivity contribution in [2.24, 2.45) is 4.99 Å². The van der Waals surface area contributed by atoms with Gasteiger partial charge in [-0.15, -0.1) is 0 Å². The van der Waals surface area contributed by atoms with Crippen molar-refractivity contribution >= 4 is 34.8 Å². The maximum atomic E-state index is 11.5. The summed E-state index contributed by atoms with van der Waals surface area (Å²) in [6.07, 6.45) is 4.70. The lowest BCUT2D eigenvalue weighted by Crippen LogP contribution is -2.32. The second-order valence-electron chi connectivity index (χ2n) is 4.77. The van der Waals surface area contributed by atoms with Crippen LogP contribution in [0.5, 0.6) is 0 Å². The average Bonchev–Trinajstić information content (AvgIpc) is 2.52. The zero-order valence-corrected chi connectivity index (χ0v) is 13.7. The van der Waals surface area contributed by atoms with Crippen LogP contribution in [0, 0.1) is 0 Å². The van der Waals surface area contributed by atoms with Crippen molar-refractivity contribution in [3.63, 3.8) is 0 Å². The molecule has 1 aliphatic rings. The summed E-state index contributed by atoms with van der Waals surface area (Å²) in [7, 11) is 1.15. The molecule has 1 rings (SSSR count). The van der Waals surface area contributed by atoms with Crippen molar-refractivity contribution in [2.45, 2.75) is 45.1 Å². The first-order chi connectivity index (χ1) is 10.6. The zero-order chi connectivity index (χ0) is 16.4. The quantitative estimate of drug-likeness (QED) is 0.358. The topological polar surface area (TPSA) is 94.1 Å². The number of nitrogens with one attached hydrogen (secondary N) is 1. The molecule has 0 bridgehead atoms. The molecule has 22 heavy (non-hydrogen) atoms. The Labute approximate surface area is 134 Å². The number of esters is 1. The minimum absolute atomic E-state index is 0.131. The molecule has 0 saturated heterocycles. The molecule has 0 aromatic carbocycles. The van der Waals surface area contributed by atoms with E-state index < -0.39 is 17.8 Å². The maximum Gasteiger partial charge on any atom is 0.413 e. The van der Waals surface area contributed by atoms with Gasteiger partial charge < -0.3 is 9.47 Å². The highest BCUT2D eigenvalue weighted by molar-refractivity contribution is 8.14. The van der Waals surface area contributed by atoms with Gasteiger partial charge in [-0.3, -0.25) is 15.1 Å². The van der Waals surface area contributed by atoms with Gasteiger partial charge in [0.25, 0.3) is 0 Å². The number of hydrogen-bond acceptors (Lipinski definition) is 7. The van der Waals surface area contributed by atoms with Gasteiger partial charge in [0, 0.05) is 0 Å². The van der Waals surface area contributed by atoms with Crippen molar-refractivity contribution in [3.05, 3.63) is 0 Å². The standard InChI is InChI=1S/C14H22N2O5S/c1-3-21-14(19)16-13(15-10-7-5-4-6-8-10)22-9-11(17)12(18)20-2/h10H,3-9H2,1-2H3,(H,15,16,19). The van der Waals surface area contributed by atoms with Crippen LogP contribution in [-0.4, -0.2) is 48.5 Å². The highest BCUT2D eigenvalue weighted by Crippen LogP contribution is 2.21. The number of alkyl carbamates (subject to hydrolysis) is 1. The number of ketones is 1. The normalized spacial score (nSPS) is 16.0. The largest absolute Gasteiger partial charge is 0.463 e. The SMILES string of the molecule is CCOC(=O)NC(=NC1CCCCC1)SCC(=O)C(=O)OC. The Kier molecular flexibility index (Phi) is 8.57. The van der Waals surface area contributed by atoms with Gasteiger partial charge in [0.1, 0.15) is 0 Å². The zero-order valence-electron chi connectivity index (χ0n) is 12.9. The molecule has 0 unspecified atom stereocenters. The molecule has 1 N–H and O–H groups in total. The van der Waals surface area contributed by atoms with Gasteiger partial charge in [-0.05, 0) is 19.8 Å². The molecule has 1 amide bonds. The highest BCUT2D eigenvalue weighted by Gasteiger charge is 2.19. The summed E-state index contributed by atoms with van der Waals surface area (Å²) in [6.45, 7) is 1.94. The van der Waals surface area contributed by atoms with E-state index in [1.807, 2.05) is 0 Å². The summed E-state index contributed by atoms with van der Waals surface area (Å²) in [6, 6.07) is 0.131. The molecule has 7 nitrogen and oxygen atoms in total. The van der Waals surface area contributed by atoms with Gasteiger partial charge in [0.05, 0.1) is 25.5 Å². The van der Waals surface area contributed by atoms with E-state index in [1.165, 1.54) is 6.42 Å². The van der Waals surface area contributed by atoms with Crippen LogP contribution in [0.2, 0.25) is 0 Å². The van der Waals surface area contributed by atoms with Gasteiger partial charge in [0.2, 0.25) is 5.78 Å². The summed E-state index contributed by atoms with van der Waals surface area (Å²) < 4.78 is 9.18. The number of ether oxygens (including phenoxy) is 2. The van der Waals surface area contributed by atoms with E-state index in [4.69, 9.17) is 4.74 Å². The Balaban J connectivity index is 2.64. The van der Waals surface area contributed by atoms with E-state index in [0.29, 0.717) is 5.17 Å². The van der Waals surface area contributed by atoms with Gasteiger partial charge in [-0.2, -0.15) is 0 Å². The molecule has 1 fully saturated rings. The van der Waals surface area contributed by atoms with Crippen LogP contribution < -0.4 is 5.32 Å². The molecule has 0 aliphatic heterocycles. The third-order valence-electron chi connectivity index (χ3n) is 3.11. The number of rotatable bonds is 5. The lowest BCUT2D eigenvalue weighted by atomic mass is 9.96. The molecule has 0 aromatic rings. The van der Waals surface area contributed by atoms with E-state index in [2.05, 4.69) is 15.0 Å². The minimum atomic E-state index is -0.902. The van der Waals surface area contributed by atoms with Crippen molar-refractivity contribution < 1.29 is 23.9 Å². The van der Waals surface area contributed by atoms with E-state index >= 15 is 0 Å². The van der Waals surface area contributed by atoms with Crippen molar-refractivity contribution in [2.75, 3.05) is 19.5 Å². The summed E-state index contributed by atoms with van der Waals surface area (Å²) >= 11 is 1.01. The number of carbonyl (C=O) groups is 3. The summed E-state index contributed by atoms with van der Waals surface area (Å²) in [5.41, 5.74) is 0. The van der Waals surface area contributed by atoms with Crippen LogP contribution in [0.25, 0.3) is 0 Å². The smallest absolute Gasteiger partial charge is 0.413 e. The fourth-order valence-corrected chi connectivity index (χ4v) is 2.81. The van der Waals surface area contributed by atoms with Crippen LogP contribution in [-0.2, 0) is 19.1 Å². The molecule has 1 saturated carbocycles. The number of aliphatic imine (C=N–C) groups is 1. The number of Topliss-reactive ketones (excluding diaryl/α,β-unsaturated/α-hetero) is 1. The van der Waals surface area contributed by atoms with Gasteiger partial charge >= 0.3 is 12.1 Å². The molecule has 0 aromatic heterocycles. The van der Waals surface area contributed by atoms with E-state index in [0.717, 1.165) is 44.6 Å². The fourth-order valence-electron chi connectivity index (χ4n) is 2.04. The molecular formula is C14H22N2O5S. The van der Waals surface area contributed by atoms with Crippen molar-refractivity contribution in [1.82, 2.24) is 5.32 Å². The van der Waals surface area contributed by atoms with Crippen molar-refractivity contribution in [3.8, 4) is 0 Å². The third-order valence-corrected chi connectivity index (χ3v) is 4.00. The fraction of sp³-hybridized carbons (Fsp3) is 0.714. The van der Waals surface area contributed by atoms with Crippen LogP contribution >= 0.6 is 11.8 Å². The minimum Gasteiger partial charge on any atom is -0.463 e. The Hall–Kier alpha value is -1.57. The molecule has 124 valence electrons. The Morgan fingerprint density at radius 2 is 1.91 bits per heavy atom. The predicted molar refractivity (Wildman–Crippen MR) is 83.9 cm³/mol. The van der Waals surface area contributed by atoms with Crippen molar-refractivity contribution in [1.29, 1.82) is 0 Å². The van der Waals surface area contributed by atoms with Crippen LogP contribution in [0.4, 0.5) is 4.79 Å². The van der Waals surface area contributed by atoms with E-state index in [9.17, 15) is 14.4 Å². The van der Waals surface area contributed by atoms with Crippen LogP contribution in [0.15, 0.2) is 4.99 Å². The first kappa shape index (κ1) is 18.5. The number of amidine groups is 1. The monoisotopic (exact) mass is 330 g/mol. The third kappa shape index (κ3) is 6.93. The van der Waals surface area contributed by atoms with Gasteiger partial charge in [-0.1, -0.05) is 31.0 Å². The lowest BCUT2D eigenvalue weighted by Gasteiger charge is -2.19. The number of nitrogens with zero attached hydrogens (tertiary/aromatic N) is 1. The first-order valence-corrected chi connectivity index (χ1v) is 8.30. The van der Waals surface area contributed by atoms with Gasteiger partial charge in [0.15, 0.2) is 5.17 Å². The van der Waals surface area contributed by atoms with Crippen LogP contribution in [0.3, 0.4) is 0 Å². The summed E-state index contributed by atoms with van der Waals surface area (Å²) in [4.78, 5) is 38.6. The molecule has 0 heterocycles. The number of thioether (sulfide) groups is 1. The lowest BCUT2D eigenvalue weighted by molar-refractivity contribution is -0.150. The highest BCUT2D eigenvalue weighted by atomic mass is 32.2. The molecule has 0 radical (unpaired) electrons. The predicted octanol–water partition coefficient (Wildman–Crippen LogP) is 1.90. The van der Waals surface area contributed by atoms with Crippen LogP contribution in [0.1, 0.15) is 39.0 Å². The Morgan fingerprint density at radius 3 is 2.50 bits per heavy atom. The number of amides is 1. The van der Waals surface area contributed by atoms with Gasteiger partial charge in [-0.25, -0.2) is 9.59 Å². The second-order valence-corrected chi connectivity index (χ2v) is 5.74. The Bertz CT molecular complexity index is 433. The molecular weight excluding hydrogens is 308 g/mol. The maximum absolute atomic E-state index is 11.5. The van der Waals surface area contributed by atoms with E-state index in [1.54, 1.807) is 6.92 Å². The number of carbonyl (C=O) groups excluding carboxylic acids is 3. The summed E-state index contributed by atoms with van der Waals surface area (Å²) in [5.74, 6) is -1.71. The average molecular weight is 330 g/mol. The second kappa shape index (κ2) is 10.2. The molecule has 0 spiro atoms.